The van der Waals surface area contributed by atoms with Gasteiger partial charge in [-0.3, -0.25) is 4.40 Å². The molecule has 3 aromatic heterocycles. The number of nitrogens with zero attached hydrogens (tertiary/aromatic N) is 6. The Morgan fingerprint density at radius 3 is 2.77 bits per heavy atom. The van der Waals surface area contributed by atoms with Crippen molar-refractivity contribution >= 4 is 11.5 Å². The van der Waals surface area contributed by atoms with Crippen LogP contribution in [0.3, 0.4) is 0 Å². The van der Waals surface area contributed by atoms with E-state index >= 15 is 0 Å². The summed E-state index contributed by atoms with van der Waals surface area (Å²) in [6.07, 6.45) is 1.38. The third-order valence-corrected chi connectivity index (χ3v) is 4.10. The molecule has 0 atom stereocenters. The number of fused-ring (bicyclic) bond motifs is 1. The van der Waals surface area contributed by atoms with Crippen LogP contribution in [0.2, 0.25) is 0 Å². The van der Waals surface area contributed by atoms with Crippen molar-refractivity contribution in [3.05, 3.63) is 36.5 Å². The van der Waals surface area contributed by atoms with Gasteiger partial charge >= 0.3 is 6.18 Å². The minimum atomic E-state index is -4.54. The van der Waals surface area contributed by atoms with Gasteiger partial charge in [-0.25, -0.2) is 19.9 Å². The van der Waals surface area contributed by atoms with E-state index in [0.29, 0.717) is 42.7 Å². The van der Waals surface area contributed by atoms with E-state index in [2.05, 4.69) is 24.8 Å². The van der Waals surface area contributed by atoms with Crippen molar-refractivity contribution in [3.8, 4) is 11.5 Å². The number of anilines is 1. The lowest BCUT2D eigenvalue weighted by Crippen LogP contribution is -2.27. The fourth-order valence-electron chi connectivity index (χ4n) is 2.82. The van der Waals surface area contributed by atoms with E-state index < -0.39 is 11.9 Å². The Kier molecular flexibility index (Phi) is 4.19. The second-order valence-electron chi connectivity index (χ2n) is 5.83. The number of halogens is 3. The van der Waals surface area contributed by atoms with E-state index in [4.69, 9.17) is 4.74 Å². The second kappa shape index (κ2) is 6.52. The largest absolute Gasteiger partial charge is 0.434 e. The smallest absolute Gasteiger partial charge is 0.380 e. The van der Waals surface area contributed by atoms with Crippen molar-refractivity contribution in [2.75, 3.05) is 31.2 Å². The Balaban J connectivity index is 1.74. The first-order valence-corrected chi connectivity index (χ1v) is 8.09. The van der Waals surface area contributed by atoms with Gasteiger partial charge in [0.25, 0.3) is 0 Å². The van der Waals surface area contributed by atoms with Crippen molar-refractivity contribution in [1.82, 2.24) is 24.3 Å². The SMILES string of the molecule is FC(F)(F)c1cn2c(-c3nccc(N4CCCOCC4)n3)cnc2cn1. The molecule has 10 heteroatoms. The summed E-state index contributed by atoms with van der Waals surface area (Å²) in [5, 5.41) is 0. The van der Waals surface area contributed by atoms with Crippen LogP contribution in [0.5, 0.6) is 0 Å². The highest BCUT2D eigenvalue weighted by Crippen LogP contribution is 2.28. The highest BCUT2D eigenvalue weighted by atomic mass is 19.4. The molecule has 0 aliphatic carbocycles. The molecule has 3 aromatic rings. The van der Waals surface area contributed by atoms with Crippen LogP contribution >= 0.6 is 0 Å². The Labute approximate surface area is 146 Å². The Bertz CT molecular complexity index is 918. The Morgan fingerprint density at radius 1 is 1.04 bits per heavy atom. The molecule has 0 aromatic carbocycles. The molecule has 1 aliphatic rings. The van der Waals surface area contributed by atoms with E-state index in [-0.39, 0.29) is 0 Å². The van der Waals surface area contributed by atoms with E-state index in [1.54, 1.807) is 12.3 Å². The zero-order chi connectivity index (χ0) is 18.1. The maximum atomic E-state index is 13.0. The summed E-state index contributed by atoms with van der Waals surface area (Å²) in [6, 6.07) is 1.78. The van der Waals surface area contributed by atoms with Crippen LogP contribution in [0.4, 0.5) is 19.0 Å². The van der Waals surface area contributed by atoms with Crippen LogP contribution in [0.15, 0.2) is 30.9 Å². The van der Waals surface area contributed by atoms with Crippen LogP contribution in [0, 0.1) is 0 Å². The second-order valence-corrected chi connectivity index (χ2v) is 5.83. The average Bonchev–Trinajstić information content (AvgIpc) is 2.86. The van der Waals surface area contributed by atoms with Gasteiger partial charge in [0.05, 0.1) is 19.0 Å². The van der Waals surface area contributed by atoms with Gasteiger partial charge in [-0.05, 0) is 12.5 Å². The third kappa shape index (κ3) is 3.19. The molecule has 26 heavy (non-hydrogen) atoms. The van der Waals surface area contributed by atoms with Crippen LogP contribution in [0.25, 0.3) is 17.2 Å². The minimum absolute atomic E-state index is 0.296. The van der Waals surface area contributed by atoms with Crippen molar-refractivity contribution in [3.63, 3.8) is 0 Å². The molecule has 0 unspecified atom stereocenters. The van der Waals surface area contributed by atoms with E-state index in [9.17, 15) is 13.2 Å². The summed E-state index contributed by atoms with van der Waals surface area (Å²) in [6.45, 7) is 2.81. The van der Waals surface area contributed by atoms with Gasteiger partial charge in [-0.1, -0.05) is 0 Å². The van der Waals surface area contributed by atoms with E-state index in [1.165, 1.54) is 10.6 Å². The van der Waals surface area contributed by atoms with Crippen molar-refractivity contribution in [2.45, 2.75) is 12.6 Å². The van der Waals surface area contributed by atoms with Crippen molar-refractivity contribution in [2.24, 2.45) is 0 Å². The summed E-state index contributed by atoms with van der Waals surface area (Å²) < 4.78 is 45.6. The minimum Gasteiger partial charge on any atom is -0.380 e. The van der Waals surface area contributed by atoms with Gasteiger partial charge in [-0.2, -0.15) is 13.2 Å². The molecule has 4 heterocycles. The van der Waals surface area contributed by atoms with Crippen LogP contribution in [0.1, 0.15) is 12.1 Å². The molecule has 1 aliphatic heterocycles. The number of hydrogen-bond donors (Lipinski definition) is 0. The molecule has 136 valence electrons. The number of ether oxygens (including phenoxy) is 1. The van der Waals surface area contributed by atoms with Gasteiger partial charge in [0.2, 0.25) is 0 Å². The Hall–Kier alpha value is -2.75. The summed E-state index contributed by atoms with van der Waals surface area (Å²) in [4.78, 5) is 18.3. The highest BCUT2D eigenvalue weighted by molar-refractivity contribution is 5.58. The van der Waals surface area contributed by atoms with Crippen molar-refractivity contribution in [1.29, 1.82) is 0 Å². The highest BCUT2D eigenvalue weighted by Gasteiger charge is 2.33. The van der Waals surface area contributed by atoms with E-state index in [1.807, 2.05) is 0 Å². The van der Waals surface area contributed by atoms with Crippen LogP contribution < -0.4 is 4.90 Å². The maximum Gasteiger partial charge on any atom is 0.434 e. The van der Waals surface area contributed by atoms with Crippen molar-refractivity contribution < 1.29 is 17.9 Å². The molecule has 1 saturated heterocycles. The standard InChI is InChI=1S/C16H15F3N6O/c17-16(18,19)12-10-25-11(8-22-14(25)9-21-12)15-20-3-2-13(23-15)24-4-1-6-26-7-5-24/h2-3,8-10H,1,4-7H2. The molecule has 0 N–H and O–H groups in total. The zero-order valence-electron chi connectivity index (χ0n) is 13.6. The molecule has 0 saturated carbocycles. The summed E-state index contributed by atoms with van der Waals surface area (Å²) in [5.74, 6) is 1.01. The lowest BCUT2D eigenvalue weighted by atomic mass is 10.3. The number of imidazole rings is 1. The van der Waals surface area contributed by atoms with Crippen LogP contribution in [-0.4, -0.2) is 50.6 Å². The first-order valence-electron chi connectivity index (χ1n) is 8.09. The number of hydrogen-bond acceptors (Lipinski definition) is 6. The molecule has 0 spiro atoms. The topological polar surface area (TPSA) is 68.4 Å². The summed E-state index contributed by atoms with van der Waals surface area (Å²) >= 11 is 0. The Morgan fingerprint density at radius 2 is 1.92 bits per heavy atom. The molecule has 7 nitrogen and oxygen atoms in total. The molecule has 0 radical (unpaired) electrons. The predicted octanol–water partition coefficient (Wildman–Crippen LogP) is 2.43. The first kappa shape index (κ1) is 16.7. The number of aromatic nitrogens is 5. The van der Waals surface area contributed by atoms with Gasteiger partial charge in [0, 0.05) is 32.1 Å². The summed E-state index contributed by atoms with van der Waals surface area (Å²) in [5.41, 5.74) is -0.323. The predicted molar refractivity (Wildman–Crippen MR) is 86.7 cm³/mol. The van der Waals surface area contributed by atoms with Gasteiger partial charge in [-0.15, -0.1) is 0 Å². The fourth-order valence-corrected chi connectivity index (χ4v) is 2.82. The quantitative estimate of drug-likeness (QED) is 0.696. The number of rotatable bonds is 2. The maximum absolute atomic E-state index is 13.0. The fraction of sp³-hybridized carbons (Fsp3) is 0.375. The first-order chi connectivity index (χ1) is 12.5. The van der Waals surface area contributed by atoms with E-state index in [0.717, 1.165) is 25.4 Å². The molecule has 0 amide bonds. The molecule has 0 bridgehead atoms. The molecule has 4 rings (SSSR count). The average molecular weight is 364 g/mol. The molecule has 1 fully saturated rings. The van der Waals surface area contributed by atoms with Gasteiger partial charge in [0.15, 0.2) is 17.2 Å². The molecular weight excluding hydrogens is 349 g/mol. The normalized spacial score (nSPS) is 16.0. The third-order valence-electron chi connectivity index (χ3n) is 4.10. The molecular formula is C16H15F3N6O. The van der Waals surface area contributed by atoms with Crippen LogP contribution in [-0.2, 0) is 10.9 Å². The number of alkyl halides is 3. The lowest BCUT2D eigenvalue weighted by molar-refractivity contribution is -0.141. The van der Waals surface area contributed by atoms with Gasteiger partial charge in [0.1, 0.15) is 11.5 Å². The van der Waals surface area contributed by atoms with Gasteiger partial charge < -0.3 is 9.64 Å². The lowest BCUT2D eigenvalue weighted by Gasteiger charge is -2.20. The zero-order valence-corrected chi connectivity index (χ0v) is 13.6. The monoisotopic (exact) mass is 364 g/mol. The summed E-state index contributed by atoms with van der Waals surface area (Å²) in [7, 11) is 0.